The van der Waals surface area contributed by atoms with Crippen molar-refractivity contribution in [2.45, 2.75) is 63.3 Å². The fraction of sp³-hybridized carbons (Fsp3) is 0.476. The van der Waals surface area contributed by atoms with Crippen LogP contribution >= 0.6 is 0 Å². The molecule has 1 aromatic heterocycles. The zero-order valence-electron chi connectivity index (χ0n) is 14.4. The quantitative estimate of drug-likeness (QED) is 0.934. The summed E-state index contributed by atoms with van der Waals surface area (Å²) in [6, 6.07) is 13.8. The van der Waals surface area contributed by atoms with E-state index in [1.165, 1.54) is 24.8 Å². The Morgan fingerprint density at radius 3 is 2.50 bits per heavy atom. The maximum Gasteiger partial charge on any atom is 0.0941 e. The molecule has 4 rings (SSSR count). The van der Waals surface area contributed by atoms with Crippen molar-refractivity contribution >= 4 is 0 Å². The summed E-state index contributed by atoms with van der Waals surface area (Å²) >= 11 is 0. The Labute approximate surface area is 144 Å². The summed E-state index contributed by atoms with van der Waals surface area (Å²) in [6.07, 6.45) is 9.01. The minimum Gasteiger partial charge on any atom is -0.385 e. The van der Waals surface area contributed by atoms with E-state index in [-0.39, 0.29) is 0 Å². The number of piperidine rings is 2. The van der Waals surface area contributed by atoms with Gasteiger partial charge in [-0.25, -0.2) is 0 Å². The van der Waals surface area contributed by atoms with Gasteiger partial charge in [0.1, 0.15) is 0 Å². The highest BCUT2D eigenvalue weighted by Gasteiger charge is 2.46. The number of aliphatic hydroxyl groups is 1. The zero-order chi connectivity index (χ0) is 16.6. The van der Waals surface area contributed by atoms with Crippen LogP contribution < -0.4 is 0 Å². The molecule has 3 heterocycles. The highest BCUT2D eigenvalue weighted by atomic mass is 16.3. The monoisotopic (exact) mass is 322 g/mol. The topological polar surface area (TPSA) is 36.4 Å². The van der Waals surface area contributed by atoms with E-state index in [9.17, 15) is 5.11 Å². The van der Waals surface area contributed by atoms with Gasteiger partial charge < -0.3 is 5.11 Å². The molecule has 0 spiro atoms. The van der Waals surface area contributed by atoms with E-state index in [2.05, 4.69) is 46.3 Å². The van der Waals surface area contributed by atoms with Crippen LogP contribution in [0.25, 0.3) is 0 Å². The third kappa shape index (κ3) is 2.99. The molecule has 3 nitrogen and oxygen atoms in total. The first-order chi connectivity index (χ1) is 11.6. The average molecular weight is 322 g/mol. The number of hydrogen-bond acceptors (Lipinski definition) is 3. The number of benzene rings is 1. The second-order valence-corrected chi connectivity index (χ2v) is 7.59. The first kappa shape index (κ1) is 15.8. The lowest BCUT2D eigenvalue weighted by atomic mass is 9.72. The van der Waals surface area contributed by atoms with Gasteiger partial charge in [0.05, 0.1) is 5.60 Å². The number of pyridine rings is 1. The van der Waals surface area contributed by atoms with Crippen LogP contribution in [0.3, 0.4) is 0 Å². The molecule has 1 N–H and O–H groups in total. The van der Waals surface area contributed by atoms with Gasteiger partial charge >= 0.3 is 0 Å². The van der Waals surface area contributed by atoms with Crippen LogP contribution in [0.1, 0.15) is 48.8 Å². The molecule has 0 saturated carbocycles. The summed E-state index contributed by atoms with van der Waals surface area (Å²) < 4.78 is 0. The van der Waals surface area contributed by atoms with Crippen molar-refractivity contribution in [3.63, 3.8) is 0 Å². The van der Waals surface area contributed by atoms with Crippen molar-refractivity contribution in [2.75, 3.05) is 0 Å². The normalized spacial score (nSPS) is 30.2. The molecule has 0 amide bonds. The fourth-order valence-electron chi connectivity index (χ4n) is 4.62. The molecule has 0 radical (unpaired) electrons. The van der Waals surface area contributed by atoms with Gasteiger partial charge in [-0.05, 0) is 43.7 Å². The second kappa shape index (κ2) is 6.30. The Morgan fingerprint density at radius 2 is 1.83 bits per heavy atom. The van der Waals surface area contributed by atoms with Crippen LogP contribution in [0.2, 0.25) is 0 Å². The minimum atomic E-state index is -0.720. The molecule has 2 atom stereocenters. The van der Waals surface area contributed by atoms with E-state index < -0.39 is 5.60 Å². The van der Waals surface area contributed by atoms with Crippen molar-refractivity contribution < 1.29 is 5.11 Å². The molecular weight excluding hydrogens is 296 g/mol. The largest absolute Gasteiger partial charge is 0.385 e. The zero-order valence-corrected chi connectivity index (χ0v) is 14.4. The van der Waals surface area contributed by atoms with Crippen molar-refractivity contribution in [1.29, 1.82) is 0 Å². The summed E-state index contributed by atoms with van der Waals surface area (Å²) in [7, 11) is 0. The highest BCUT2D eigenvalue weighted by Crippen LogP contribution is 2.44. The summed E-state index contributed by atoms with van der Waals surface area (Å²) in [5.41, 5.74) is 2.77. The van der Waals surface area contributed by atoms with Crippen molar-refractivity contribution in [3.05, 3.63) is 65.5 Å². The lowest BCUT2D eigenvalue weighted by molar-refractivity contribution is -0.100. The maximum atomic E-state index is 11.4. The van der Waals surface area contributed by atoms with Gasteiger partial charge in [0, 0.05) is 36.6 Å². The molecule has 126 valence electrons. The third-order valence-corrected chi connectivity index (χ3v) is 5.78. The van der Waals surface area contributed by atoms with Gasteiger partial charge in [-0.1, -0.05) is 42.8 Å². The molecule has 0 aliphatic carbocycles. The average Bonchev–Trinajstić information content (AvgIpc) is 2.57. The number of fused-ring (bicyclic) bond motifs is 2. The van der Waals surface area contributed by atoms with E-state index in [1.54, 1.807) is 0 Å². The molecular formula is C21H26N2O. The Kier molecular flexibility index (Phi) is 4.15. The molecule has 2 aromatic rings. The Morgan fingerprint density at radius 1 is 1.12 bits per heavy atom. The van der Waals surface area contributed by atoms with Crippen LogP contribution in [0.15, 0.2) is 48.8 Å². The lowest BCUT2D eigenvalue weighted by Crippen LogP contribution is -2.56. The molecule has 2 aliphatic heterocycles. The lowest BCUT2D eigenvalue weighted by Gasteiger charge is -2.52. The van der Waals surface area contributed by atoms with Gasteiger partial charge in [0.2, 0.25) is 0 Å². The summed E-state index contributed by atoms with van der Waals surface area (Å²) in [4.78, 5) is 6.95. The second-order valence-electron chi connectivity index (χ2n) is 7.59. The van der Waals surface area contributed by atoms with Crippen LogP contribution in [-0.4, -0.2) is 27.1 Å². The predicted octanol–water partition coefficient (Wildman–Crippen LogP) is 3.79. The van der Waals surface area contributed by atoms with Crippen molar-refractivity contribution in [2.24, 2.45) is 0 Å². The number of aromatic nitrogens is 1. The molecule has 3 heteroatoms. The van der Waals surface area contributed by atoms with E-state index >= 15 is 0 Å². The number of aryl methyl sites for hydroxylation is 1. The smallest absolute Gasteiger partial charge is 0.0941 e. The Hall–Kier alpha value is -1.71. The van der Waals surface area contributed by atoms with Gasteiger partial charge in [-0.3, -0.25) is 9.88 Å². The van der Waals surface area contributed by atoms with E-state index in [0.717, 1.165) is 30.5 Å². The third-order valence-electron chi connectivity index (χ3n) is 5.78. The Bertz CT molecular complexity index is 686. The number of rotatable bonds is 3. The van der Waals surface area contributed by atoms with Crippen molar-refractivity contribution in [1.82, 2.24) is 9.88 Å². The van der Waals surface area contributed by atoms with Gasteiger partial charge in [0.25, 0.3) is 0 Å². The summed E-state index contributed by atoms with van der Waals surface area (Å²) in [5, 5.41) is 11.4. The first-order valence-electron chi connectivity index (χ1n) is 9.08. The van der Waals surface area contributed by atoms with Gasteiger partial charge in [-0.15, -0.1) is 0 Å². The molecule has 2 saturated heterocycles. The van der Waals surface area contributed by atoms with Gasteiger partial charge in [-0.2, -0.15) is 0 Å². The number of hydrogen-bond donors (Lipinski definition) is 1. The minimum absolute atomic E-state index is 0.461. The van der Waals surface area contributed by atoms with E-state index in [0.29, 0.717) is 12.1 Å². The standard InChI is InChI=1S/C21H26N2O/c1-16-10-18(14-22-13-16)21(24)11-19-8-5-9-20(12-21)23(19)15-17-6-3-2-4-7-17/h2-4,6-7,10,13-14,19-20,24H,5,8-9,11-12,15H2,1H3. The molecule has 2 aliphatic rings. The van der Waals surface area contributed by atoms with E-state index in [4.69, 9.17) is 0 Å². The van der Waals surface area contributed by atoms with E-state index in [1.807, 2.05) is 19.3 Å². The molecule has 1 aromatic carbocycles. The van der Waals surface area contributed by atoms with Crippen LogP contribution in [0.5, 0.6) is 0 Å². The van der Waals surface area contributed by atoms with Crippen LogP contribution in [0, 0.1) is 6.92 Å². The molecule has 24 heavy (non-hydrogen) atoms. The molecule has 2 unspecified atom stereocenters. The highest BCUT2D eigenvalue weighted by molar-refractivity contribution is 5.25. The van der Waals surface area contributed by atoms with Crippen LogP contribution in [0.4, 0.5) is 0 Å². The maximum absolute atomic E-state index is 11.4. The predicted molar refractivity (Wildman–Crippen MR) is 95.5 cm³/mol. The first-order valence-corrected chi connectivity index (χ1v) is 9.08. The summed E-state index contributed by atoms with van der Waals surface area (Å²) in [5.74, 6) is 0. The Balaban J connectivity index is 1.58. The van der Waals surface area contributed by atoms with Crippen molar-refractivity contribution in [3.8, 4) is 0 Å². The molecule has 2 fully saturated rings. The number of nitrogens with zero attached hydrogens (tertiary/aromatic N) is 2. The molecule has 2 bridgehead atoms. The van der Waals surface area contributed by atoms with Crippen LogP contribution in [-0.2, 0) is 12.1 Å². The SMILES string of the molecule is Cc1cncc(C2(O)CC3CCCC(C2)N3Cc2ccccc2)c1. The van der Waals surface area contributed by atoms with Gasteiger partial charge in [0.15, 0.2) is 0 Å². The summed E-state index contributed by atoms with van der Waals surface area (Å²) in [6.45, 7) is 3.05. The fourth-order valence-corrected chi connectivity index (χ4v) is 4.62.